The molecule has 1 saturated heterocycles. The number of imidazole rings is 1. The van der Waals surface area contributed by atoms with Gasteiger partial charge in [-0.2, -0.15) is 0 Å². The minimum absolute atomic E-state index is 0.199. The lowest BCUT2D eigenvalue weighted by Crippen LogP contribution is -2.43. The van der Waals surface area contributed by atoms with Crippen LogP contribution in [0.3, 0.4) is 0 Å². The first-order valence-electron chi connectivity index (χ1n) is 9.74. The minimum Gasteiger partial charge on any atom is -0.329 e. The van der Waals surface area contributed by atoms with Crippen LogP contribution in [0.4, 0.5) is 5.69 Å². The molecule has 1 aromatic heterocycles. The number of rotatable bonds is 5. The van der Waals surface area contributed by atoms with Crippen LogP contribution in [0.2, 0.25) is 10.0 Å². The summed E-state index contributed by atoms with van der Waals surface area (Å²) in [5.74, 6) is -0.423. The van der Waals surface area contributed by atoms with E-state index in [2.05, 4.69) is 10.3 Å². The molecule has 31 heavy (non-hydrogen) atoms. The van der Waals surface area contributed by atoms with Crippen molar-refractivity contribution in [1.82, 2.24) is 14.5 Å². The number of carbonyl (C=O) groups excluding carboxylic acids is 2. The van der Waals surface area contributed by atoms with E-state index in [0.29, 0.717) is 34.3 Å². The van der Waals surface area contributed by atoms with E-state index in [4.69, 9.17) is 23.2 Å². The van der Waals surface area contributed by atoms with E-state index in [1.54, 1.807) is 35.0 Å². The van der Waals surface area contributed by atoms with E-state index in [-0.39, 0.29) is 11.8 Å². The molecule has 1 fully saturated rings. The summed E-state index contributed by atoms with van der Waals surface area (Å²) in [7, 11) is 1.94. The maximum absolute atomic E-state index is 12.9. The van der Waals surface area contributed by atoms with Crippen LogP contribution < -0.4 is 5.32 Å². The molecule has 3 aromatic rings. The third kappa shape index (κ3) is 4.89. The van der Waals surface area contributed by atoms with Crippen LogP contribution in [-0.2, 0) is 11.8 Å². The molecule has 2 aromatic carbocycles. The lowest BCUT2D eigenvalue weighted by Gasteiger charge is -2.24. The highest BCUT2D eigenvalue weighted by Gasteiger charge is 2.34. The lowest BCUT2D eigenvalue weighted by atomic mass is 10.1. The predicted molar refractivity (Wildman–Crippen MR) is 123 cm³/mol. The van der Waals surface area contributed by atoms with Crippen LogP contribution in [0.5, 0.6) is 0 Å². The van der Waals surface area contributed by atoms with Crippen LogP contribution in [0.1, 0.15) is 23.2 Å². The second-order valence-electron chi connectivity index (χ2n) is 7.22. The zero-order chi connectivity index (χ0) is 22.0. The second-order valence-corrected chi connectivity index (χ2v) is 9.08. The number of benzene rings is 2. The highest BCUT2D eigenvalue weighted by molar-refractivity contribution is 7.99. The number of amides is 2. The van der Waals surface area contributed by atoms with Gasteiger partial charge in [-0.1, -0.05) is 35.0 Å². The van der Waals surface area contributed by atoms with Gasteiger partial charge in [-0.25, -0.2) is 4.98 Å². The fraction of sp³-hybridized carbons (Fsp3) is 0.227. The molecule has 0 spiro atoms. The van der Waals surface area contributed by atoms with Crippen LogP contribution in [0.15, 0.2) is 64.9 Å². The lowest BCUT2D eigenvalue weighted by molar-refractivity contribution is -0.119. The number of likely N-dealkylation sites (tertiary alicyclic amines) is 1. The van der Waals surface area contributed by atoms with Gasteiger partial charge in [-0.15, -0.1) is 0 Å². The molecule has 0 radical (unpaired) electrons. The van der Waals surface area contributed by atoms with Crippen LogP contribution in [-0.4, -0.2) is 38.9 Å². The minimum atomic E-state index is -0.524. The molecule has 0 bridgehead atoms. The summed E-state index contributed by atoms with van der Waals surface area (Å²) in [5.41, 5.74) is 1.10. The van der Waals surface area contributed by atoms with Crippen molar-refractivity contribution >= 4 is 52.5 Å². The Kier molecular flexibility index (Phi) is 6.55. The van der Waals surface area contributed by atoms with Crippen LogP contribution in [0.25, 0.3) is 0 Å². The Bertz CT molecular complexity index is 1120. The first-order chi connectivity index (χ1) is 14.9. The predicted octanol–water partition coefficient (Wildman–Crippen LogP) is 5.12. The van der Waals surface area contributed by atoms with Gasteiger partial charge in [0.1, 0.15) is 6.04 Å². The van der Waals surface area contributed by atoms with Gasteiger partial charge in [0.05, 0.1) is 10.0 Å². The topological polar surface area (TPSA) is 67.2 Å². The van der Waals surface area contributed by atoms with E-state index in [0.717, 1.165) is 16.5 Å². The normalized spacial score (nSPS) is 15.8. The first-order valence-corrected chi connectivity index (χ1v) is 11.3. The molecule has 6 nitrogen and oxygen atoms in total. The van der Waals surface area contributed by atoms with Crippen LogP contribution in [0, 0.1) is 0 Å². The van der Waals surface area contributed by atoms with Crippen LogP contribution >= 0.6 is 35.0 Å². The monoisotopic (exact) mass is 474 g/mol. The summed E-state index contributed by atoms with van der Waals surface area (Å²) in [6.07, 6.45) is 5.03. The molecule has 160 valence electrons. The number of nitrogens with one attached hydrogen (secondary N) is 1. The van der Waals surface area contributed by atoms with E-state index < -0.39 is 6.04 Å². The summed E-state index contributed by atoms with van der Waals surface area (Å²) >= 11 is 13.5. The summed E-state index contributed by atoms with van der Waals surface area (Å²) < 4.78 is 1.94. The Morgan fingerprint density at radius 2 is 1.90 bits per heavy atom. The van der Waals surface area contributed by atoms with Gasteiger partial charge >= 0.3 is 0 Å². The van der Waals surface area contributed by atoms with Crippen molar-refractivity contribution in [2.45, 2.75) is 28.9 Å². The van der Waals surface area contributed by atoms with Crippen molar-refractivity contribution in [3.8, 4) is 0 Å². The number of hydrogen-bond acceptors (Lipinski definition) is 4. The maximum Gasteiger partial charge on any atom is 0.254 e. The average Bonchev–Trinajstić information content (AvgIpc) is 3.40. The van der Waals surface area contributed by atoms with Crippen molar-refractivity contribution in [2.24, 2.45) is 7.05 Å². The molecule has 1 unspecified atom stereocenters. The van der Waals surface area contributed by atoms with Crippen molar-refractivity contribution in [3.63, 3.8) is 0 Å². The molecule has 2 amide bonds. The molecule has 0 aliphatic carbocycles. The SMILES string of the molecule is Cn1ccnc1Sc1ccc(NC(=O)C2CCCN2C(=O)c2ccc(Cl)c(Cl)c2)cc1. The Morgan fingerprint density at radius 1 is 1.13 bits per heavy atom. The first kappa shape index (κ1) is 21.7. The maximum atomic E-state index is 12.9. The fourth-order valence-corrected chi connectivity index (χ4v) is 4.56. The van der Waals surface area contributed by atoms with Gasteiger partial charge in [-0.05, 0) is 55.3 Å². The molecule has 1 aliphatic heterocycles. The number of hydrogen-bond donors (Lipinski definition) is 1. The molecular formula is C22H20Cl2N4O2S. The van der Waals surface area contributed by atoms with Gasteiger partial charge < -0.3 is 14.8 Å². The number of anilines is 1. The van der Waals surface area contributed by atoms with Crippen molar-refractivity contribution in [1.29, 1.82) is 0 Å². The highest BCUT2D eigenvalue weighted by Crippen LogP contribution is 2.28. The quantitative estimate of drug-likeness (QED) is 0.556. The Morgan fingerprint density at radius 3 is 2.58 bits per heavy atom. The summed E-state index contributed by atoms with van der Waals surface area (Å²) in [6.45, 7) is 0.524. The van der Waals surface area contributed by atoms with Gasteiger partial charge in [0.2, 0.25) is 5.91 Å². The number of halogens is 2. The van der Waals surface area contributed by atoms with Crippen molar-refractivity contribution < 1.29 is 9.59 Å². The highest BCUT2D eigenvalue weighted by atomic mass is 35.5. The Balaban J connectivity index is 1.42. The summed E-state index contributed by atoms with van der Waals surface area (Å²) in [4.78, 5) is 32.7. The average molecular weight is 475 g/mol. The molecule has 2 heterocycles. The van der Waals surface area contributed by atoms with Gasteiger partial charge in [0.15, 0.2) is 5.16 Å². The smallest absolute Gasteiger partial charge is 0.254 e. The van der Waals surface area contributed by atoms with Gasteiger partial charge in [0.25, 0.3) is 5.91 Å². The molecule has 1 atom stereocenters. The van der Waals surface area contributed by atoms with E-state index >= 15 is 0 Å². The van der Waals surface area contributed by atoms with E-state index in [1.807, 2.05) is 42.1 Å². The molecule has 0 saturated carbocycles. The standard InChI is InChI=1S/C22H20Cl2N4O2S/c1-27-12-10-25-22(27)31-16-7-5-15(6-8-16)26-20(29)19-3-2-11-28(19)21(30)14-4-9-17(23)18(24)13-14/h4-10,12-13,19H,2-3,11H2,1H3,(H,26,29). The van der Waals surface area contributed by atoms with E-state index in [1.165, 1.54) is 6.07 Å². The Hall–Kier alpha value is -2.48. The molecule has 9 heteroatoms. The summed E-state index contributed by atoms with van der Waals surface area (Å²) in [5, 5.41) is 4.52. The Labute approximate surface area is 194 Å². The van der Waals surface area contributed by atoms with Gasteiger partial charge in [-0.3, -0.25) is 9.59 Å². The number of nitrogens with zero attached hydrogens (tertiary/aromatic N) is 3. The third-order valence-electron chi connectivity index (χ3n) is 5.09. The molecule has 4 rings (SSSR count). The molecule has 1 N–H and O–H groups in total. The van der Waals surface area contributed by atoms with Crippen molar-refractivity contribution in [2.75, 3.05) is 11.9 Å². The van der Waals surface area contributed by atoms with Gasteiger partial charge in [0, 0.05) is 42.1 Å². The second kappa shape index (κ2) is 9.34. The zero-order valence-electron chi connectivity index (χ0n) is 16.7. The molecular weight excluding hydrogens is 455 g/mol. The number of aryl methyl sites for hydroxylation is 1. The largest absolute Gasteiger partial charge is 0.329 e. The zero-order valence-corrected chi connectivity index (χ0v) is 19.0. The fourth-order valence-electron chi connectivity index (χ4n) is 3.46. The third-order valence-corrected chi connectivity index (χ3v) is 6.91. The summed E-state index contributed by atoms with van der Waals surface area (Å²) in [6, 6.07) is 11.8. The number of aromatic nitrogens is 2. The van der Waals surface area contributed by atoms with E-state index in [9.17, 15) is 9.59 Å². The molecule has 1 aliphatic rings. The number of carbonyl (C=O) groups is 2. The van der Waals surface area contributed by atoms with Crippen molar-refractivity contribution in [3.05, 3.63) is 70.5 Å².